The molecule has 0 aliphatic carbocycles. The summed E-state index contributed by atoms with van der Waals surface area (Å²) in [6.45, 7) is 6.09. The van der Waals surface area contributed by atoms with Crippen molar-refractivity contribution in [2.75, 3.05) is 13.2 Å². The molecule has 1 fully saturated rings. The molecule has 100 valence electrons. The van der Waals surface area contributed by atoms with Gasteiger partial charge in [0.05, 0.1) is 0 Å². The molecule has 0 radical (unpaired) electrons. The molecular formula is C15H24N2O. The van der Waals surface area contributed by atoms with Crippen LogP contribution in [0.15, 0.2) is 30.3 Å². The van der Waals surface area contributed by atoms with Crippen molar-refractivity contribution in [2.45, 2.75) is 38.1 Å². The minimum absolute atomic E-state index is 0.0996. The fourth-order valence-corrected chi connectivity index (χ4v) is 3.28. The summed E-state index contributed by atoms with van der Waals surface area (Å²) in [4.78, 5) is 0. The Bertz CT molecular complexity index is 358. The molecule has 3 N–H and O–H groups in total. The Labute approximate surface area is 110 Å². The van der Waals surface area contributed by atoms with E-state index in [2.05, 4.69) is 49.6 Å². The number of ether oxygens (including phenoxy) is 1. The van der Waals surface area contributed by atoms with Crippen LogP contribution in [0, 0.1) is 5.92 Å². The second-order valence-corrected chi connectivity index (χ2v) is 5.52. The van der Waals surface area contributed by atoms with Crippen LogP contribution in [-0.4, -0.2) is 19.3 Å². The number of hydrazine groups is 1. The highest BCUT2D eigenvalue weighted by Crippen LogP contribution is 2.40. The Morgan fingerprint density at radius 2 is 1.78 bits per heavy atom. The van der Waals surface area contributed by atoms with Gasteiger partial charge < -0.3 is 4.74 Å². The molecule has 1 aromatic rings. The zero-order chi connectivity index (χ0) is 13.0. The van der Waals surface area contributed by atoms with Gasteiger partial charge in [-0.1, -0.05) is 44.2 Å². The standard InChI is InChI=1S/C15H24N2O/c1-12(2)14(17-16)15(8-10-18-11-9-15)13-6-4-3-5-7-13/h3-7,12,14,17H,8-11,16H2,1-2H3. The molecule has 1 aliphatic heterocycles. The molecule has 2 rings (SSSR count). The third-order valence-corrected chi connectivity index (χ3v) is 4.18. The van der Waals surface area contributed by atoms with Crippen molar-refractivity contribution in [2.24, 2.45) is 11.8 Å². The van der Waals surface area contributed by atoms with E-state index in [4.69, 9.17) is 10.6 Å². The maximum Gasteiger partial charge on any atom is 0.0475 e. The second kappa shape index (κ2) is 5.83. The minimum Gasteiger partial charge on any atom is -0.381 e. The molecule has 3 heteroatoms. The Morgan fingerprint density at radius 1 is 1.17 bits per heavy atom. The fraction of sp³-hybridized carbons (Fsp3) is 0.600. The summed E-state index contributed by atoms with van der Waals surface area (Å²) in [6, 6.07) is 11.0. The van der Waals surface area contributed by atoms with Crippen LogP contribution in [0.5, 0.6) is 0 Å². The number of hydrogen-bond donors (Lipinski definition) is 2. The summed E-state index contributed by atoms with van der Waals surface area (Å²) in [5, 5.41) is 0. The average molecular weight is 248 g/mol. The van der Waals surface area contributed by atoms with Crippen molar-refractivity contribution in [3.63, 3.8) is 0 Å². The van der Waals surface area contributed by atoms with Crippen molar-refractivity contribution in [1.29, 1.82) is 0 Å². The normalized spacial score (nSPS) is 20.9. The summed E-state index contributed by atoms with van der Waals surface area (Å²) >= 11 is 0. The Morgan fingerprint density at radius 3 is 2.28 bits per heavy atom. The van der Waals surface area contributed by atoms with Gasteiger partial charge in [-0.25, -0.2) is 0 Å². The summed E-state index contributed by atoms with van der Waals surface area (Å²) in [7, 11) is 0. The first-order chi connectivity index (χ1) is 8.70. The van der Waals surface area contributed by atoms with Crippen LogP contribution in [0.4, 0.5) is 0 Å². The Hall–Kier alpha value is -0.900. The monoisotopic (exact) mass is 248 g/mol. The van der Waals surface area contributed by atoms with Gasteiger partial charge in [0.1, 0.15) is 0 Å². The number of nitrogens with two attached hydrogens (primary N) is 1. The lowest BCUT2D eigenvalue weighted by molar-refractivity contribution is 0.0265. The highest BCUT2D eigenvalue weighted by atomic mass is 16.5. The first-order valence-electron chi connectivity index (χ1n) is 6.80. The molecule has 0 amide bonds. The van der Waals surface area contributed by atoms with Gasteiger partial charge in [0.2, 0.25) is 0 Å². The molecule has 0 bridgehead atoms. The van der Waals surface area contributed by atoms with Gasteiger partial charge in [-0.05, 0) is 24.3 Å². The Balaban J connectivity index is 2.39. The third kappa shape index (κ3) is 2.44. The zero-order valence-electron chi connectivity index (χ0n) is 11.4. The quantitative estimate of drug-likeness (QED) is 0.634. The maximum atomic E-state index is 5.84. The summed E-state index contributed by atoms with van der Waals surface area (Å²) in [5.41, 5.74) is 4.53. The van der Waals surface area contributed by atoms with Crippen LogP contribution in [0.25, 0.3) is 0 Å². The molecular weight excluding hydrogens is 224 g/mol. The van der Waals surface area contributed by atoms with Crippen molar-refractivity contribution in [1.82, 2.24) is 5.43 Å². The van der Waals surface area contributed by atoms with Gasteiger partial charge in [0, 0.05) is 24.7 Å². The van der Waals surface area contributed by atoms with E-state index in [9.17, 15) is 0 Å². The molecule has 0 aromatic heterocycles. The summed E-state index contributed by atoms with van der Waals surface area (Å²) in [5.74, 6) is 6.33. The molecule has 1 unspecified atom stereocenters. The van der Waals surface area contributed by atoms with Crippen LogP contribution >= 0.6 is 0 Å². The van der Waals surface area contributed by atoms with E-state index < -0.39 is 0 Å². The summed E-state index contributed by atoms with van der Waals surface area (Å²) in [6.07, 6.45) is 2.06. The lowest BCUT2D eigenvalue weighted by atomic mass is 9.66. The van der Waals surface area contributed by atoms with E-state index in [1.807, 2.05) is 0 Å². The van der Waals surface area contributed by atoms with E-state index in [0.717, 1.165) is 26.1 Å². The third-order valence-electron chi connectivity index (χ3n) is 4.18. The lowest BCUT2D eigenvalue weighted by Gasteiger charge is -2.45. The second-order valence-electron chi connectivity index (χ2n) is 5.52. The molecule has 1 heterocycles. The van der Waals surface area contributed by atoms with Gasteiger partial charge in [-0.2, -0.15) is 0 Å². The van der Waals surface area contributed by atoms with Crippen molar-refractivity contribution >= 4 is 0 Å². The smallest absolute Gasteiger partial charge is 0.0475 e. The average Bonchev–Trinajstić information content (AvgIpc) is 2.41. The SMILES string of the molecule is CC(C)C(NN)C1(c2ccccc2)CCOCC1. The van der Waals surface area contributed by atoms with E-state index >= 15 is 0 Å². The molecule has 1 aliphatic rings. The molecule has 3 nitrogen and oxygen atoms in total. The lowest BCUT2D eigenvalue weighted by Crippen LogP contribution is -2.56. The largest absolute Gasteiger partial charge is 0.381 e. The summed E-state index contributed by atoms with van der Waals surface area (Å²) < 4.78 is 5.55. The number of hydrogen-bond acceptors (Lipinski definition) is 3. The van der Waals surface area contributed by atoms with Gasteiger partial charge in [-0.3, -0.25) is 11.3 Å². The van der Waals surface area contributed by atoms with Crippen molar-refractivity contribution < 1.29 is 4.74 Å². The van der Waals surface area contributed by atoms with Crippen molar-refractivity contribution in [3.05, 3.63) is 35.9 Å². The van der Waals surface area contributed by atoms with Gasteiger partial charge >= 0.3 is 0 Å². The van der Waals surface area contributed by atoms with Crippen LogP contribution in [0.3, 0.4) is 0 Å². The van der Waals surface area contributed by atoms with E-state index in [-0.39, 0.29) is 11.5 Å². The fourth-order valence-electron chi connectivity index (χ4n) is 3.28. The van der Waals surface area contributed by atoms with Crippen molar-refractivity contribution in [3.8, 4) is 0 Å². The van der Waals surface area contributed by atoms with E-state index in [0.29, 0.717) is 5.92 Å². The molecule has 0 saturated carbocycles. The number of benzene rings is 1. The predicted octanol–water partition coefficient (Wildman–Crippen LogP) is 2.22. The van der Waals surface area contributed by atoms with Gasteiger partial charge in [-0.15, -0.1) is 0 Å². The Kier molecular flexibility index (Phi) is 4.38. The molecule has 1 aromatic carbocycles. The highest BCUT2D eigenvalue weighted by molar-refractivity contribution is 5.28. The highest BCUT2D eigenvalue weighted by Gasteiger charge is 2.42. The topological polar surface area (TPSA) is 47.3 Å². The zero-order valence-corrected chi connectivity index (χ0v) is 11.4. The van der Waals surface area contributed by atoms with Crippen LogP contribution < -0.4 is 11.3 Å². The van der Waals surface area contributed by atoms with Crippen LogP contribution in [0.2, 0.25) is 0 Å². The number of nitrogens with one attached hydrogen (secondary N) is 1. The van der Waals surface area contributed by atoms with Crippen LogP contribution in [-0.2, 0) is 10.2 Å². The maximum absolute atomic E-state index is 5.84. The molecule has 1 saturated heterocycles. The number of rotatable bonds is 4. The molecule has 0 spiro atoms. The first-order valence-corrected chi connectivity index (χ1v) is 6.80. The van der Waals surface area contributed by atoms with E-state index in [1.54, 1.807) is 0 Å². The van der Waals surface area contributed by atoms with Gasteiger partial charge in [0.25, 0.3) is 0 Å². The van der Waals surface area contributed by atoms with Gasteiger partial charge in [0.15, 0.2) is 0 Å². The first kappa shape index (κ1) is 13.5. The predicted molar refractivity (Wildman–Crippen MR) is 74.1 cm³/mol. The van der Waals surface area contributed by atoms with E-state index in [1.165, 1.54) is 5.56 Å². The molecule has 1 atom stereocenters. The molecule has 18 heavy (non-hydrogen) atoms. The minimum atomic E-state index is 0.0996. The van der Waals surface area contributed by atoms with Crippen LogP contribution in [0.1, 0.15) is 32.3 Å².